The van der Waals surface area contributed by atoms with Gasteiger partial charge in [-0.25, -0.2) is 4.98 Å². The van der Waals surface area contributed by atoms with Crippen molar-refractivity contribution in [3.8, 4) is 0 Å². The first-order valence-electron chi connectivity index (χ1n) is 7.82. The van der Waals surface area contributed by atoms with Crippen LogP contribution in [0.25, 0.3) is 12.3 Å². The van der Waals surface area contributed by atoms with E-state index in [4.69, 9.17) is 9.47 Å². The molecular formula is C17H28N4O2. The van der Waals surface area contributed by atoms with Crippen LogP contribution in [0.4, 0.5) is 0 Å². The molecule has 0 bridgehead atoms. The minimum Gasteiger partial charge on any atom is -0.486 e. The highest BCUT2D eigenvalue weighted by atomic mass is 16.6. The van der Waals surface area contributed by atoms with Gasteiger partial charge in [-0.05, 0) is 19.9 Å². The quantitative estimate of drug-likeness (QED) is 0.809. The fraction of sp³-hybridized carbons (Fsp3) is 0.588. The van der Waals surface area contributed by atoms with Crippen molar-refractivity contribution in [3.05, 3.63) is 28.4 Å². The summed E-state index contributed by atoms with van der Waals surface area (Å²) < 4.78 is 12.1. The molecule has 0 amide bonds. The first-order chi connectivity index (χ1) is 10.7. The van der Waals surface area contributed by atoms with E-state index in [2.05, 4.69) is 26.8 Å². The summed E-state index contributed by atoms with van der Waals surface area (Å²) >= 11 is 0. The number of aromatic amines is 1. The topological polar surface area (TPSA) is 62.4 Å². The first-order valence-corrected chi connectivity index (χ1v) is 7.82. The molecule has 2 fully saturated rings. The van der Waals surface area contributed by atoms with E-state index in [1.807, 2.05) is 19.9 Å². The van der Waals surface area contributed by atoms with Crippen LogP contribution in [0.1, 0.15) is 20.2 Å². The first kappa shape index (κ1) is 17.6. The number of aromatic nitrogens is 2. The van der Waals surface area contributed by atoms with Crippen molar-refractivity contribution in [1.29, 1.82) is 0 Å². The lowest BCUT2D eigenvalue weighted by atomic mass is 10.2. The molecule has 0 radical (unpaired) electrons. The third-order valence-electron chi connectivity index (χ3n) is 3.98. The number of H-pyrrole nitrogens is 1. The highest BCUT2D eigenvalue weighted by Gasteiger charge is 2.27. The van der Waals surface area contributed by atoms with E-state index in [1.54, 1.807) is 0 Å². The SMILES string of the molecule is C.C=c1[nH]c(C)n/c1=C1\OC(CN2CCNCC2)CO\C1=C\C. The summed E-state index contributed by atoms with van der Waals surface area (Å²) in [5.74, 6) is 2.27. The molecule has 3 heterocycles. The van der Waals surface area contributed by atoms with Crippen LogP contribution in [0.3, 0.4) is 0 Å². The average Bonchev–Trinajstić information content (AvgIpc) is 2.87. The summed E-state index contributed by atoms with van der Waals surface area (Å²) in [6.07, 6.45) is 1.94. The monoisotopic (exact) mass is 320 g/mol. The van der Waals surface area contributed by atoms with Gasteiger partial charge in [0, 0.05) is 32.7 Å². The fourth-order valence-electron chi connectivity index (χ4n) is 2.89. The molecule has 23 heavy (non-hydrogen) atoms. The van der Waals surface area contributed by atoms with Crippen molar-refractivity contribution in [2.75, 3.05) is 39.3 Å². The number of hydrogen-bond donors (Lipinski definition) is 2. The van der Waals surface area contributed by atoms with Crippen molar-refractivity contribution >= 4 is 12.3 Å². The molecule has 6 nitrogen and oxygen atoms in total. The Kier molecular flexibility index (Phi) is 5.85. The second-order valence-electron chi connectivity index (χ2n) is 5.73. The molecule has 0 aliphatic carbocycles. The normalized spacial score (nSPS) is 26.3. The predicted molar refractivity (Wildman–Crippen MR) is 92.1 cm³/mol. The Morgan fingerprint density at radius 2 is 2.13 bits per heavy atom. The minimum atomic E-state index is 0. The van der Waals surface area contributed by atoms with Crippen molar-refractivity contribution in [2.45, 2.75) is 27.4 Å². The molecule has 1 atom stereocenters. The molecule has 6 heteroatoms. The second-order valence-corrected chi connectivity index (χ2v) is 5.73. The molecule has 0 spiro atoms. The predicted octanol–water partition coefficient (Wildman–Crippen LogP) is 0.0971. The average molecular weight is 320 g/mol. The van der Waals surface area contributed by atoms with E-state index in [-0.39, 0.29) is 13.5 Å². The zero-order valence-electron chi connectivity index (χ0n) is 13.3. The van der Waals surface area contributed by atoms with Crippen molar-refractivity contribution in [3.63, 3.8) is 0 Å². The van der Waals surface area contributed by atoms with E-state index < -0.39 is 0 Å². The summed E-state index contributed by atoms with van der Waals surface area (Å²) in [4.78, 5) is 10.0. The zero-order valence-corrected chi connectivity index (χ0v) is 13.3. The van der Waals surface area contributed by atoms with Crippen LogP contribution in [0, 0.1) is 6.92 Å². The Balaban J connectivity index is 0.00000192. The van der Waals surface area contributed by atoms with Gasteiger partial charge in [0.1, 0.15) is 23.9 Å². The van der Waals surface area contributed by atoms with Gasteiger partial charge in [-0.3, -0.25) is 4.90 Å². The van der Waals surface area contributed by atoms with Crippen LogP contribution >= 0.6 is 0 Å². The zero-order chi connectivity index (χ0) is 15.5. The molecule has 2 aliphatic rings. The lowest BCUT2D eigenvalue weighted by molar-refractivity contribution is 0.00453. The molecule has 1 aromatic heterocycles. The fourth-order valence-corrected chi connectivity index (χ4v) is 2.89. The molecule has 2 aliphatic heterocycles. The van der Waals surface area contributed by atoms with Gasteiger partial charge in [0.05, 0.1) is 5.35 Å². The second kappa shape index (κ2) is 7.66. The Morgan fingerprint density at radius 1 is 1.39 bits per heavy atom. The number of ether oxygens (including phenoxy) is 2. The van der Waals surface area contributed by atoms with E-state index in [0.29, 0.717) is 12.4 Å². The van der Waals surface area contributed by atoms with Crippen molar-refractivity contribution < 1.29 is 9.47 Å². The van der Waals surface area contributed by atoms with E-state index in [1.165, 1.54) is 0 Å². The Labute approximate surface area is 137 Å². The Bertz CT molecular complexity index is 659. The molecule has 2 N–H and O–H groups in total. The largest absolute Gasteiger partial charge is 0.486 e. The molecule has 1 unspecified atom stereocenters. The van der Waals surface area contributed by atoms with Crippen LogP contribution in [-0.2, 0) is 9.47 Å². The van der Waals surface area contributed by atoms with Crippen LogP contribution in [0.5, 0.6) is 0 Å². The summed E-state index contributed by atoms with van der Waals surface area (Å²) in [6, 6.07) is 0. The van der Waals surface area contributed by atoms with Crippen molar-refractivity contribution in [2.24, 2.45) is 0 Å². The molecule has 0 aromatic carbocycles. The van der Waals surface area contributed by atoms with Gasteiger partial charge in [0.15, 0.2) is 11.5 Å². The Morgan fingerprint density at radius 3 is 2.74 bits per heavy atom. The number of piperazine rings is 1. The molecule has 0 saturated carbocycles. The highest BCUT2D eigenvalue weighted by molar-refractivity contribution is 5.54. The molecule has 3 rings (SSSR count). The van der Waals surface area contributed by atoms with Gasteiger partial charge < -0.3 is 19.8 Å². The lowest BCUT2D eigenvalue weighted by Crippen LogP contribution is -2.48. The minimum absolute atomic E-state index is 0. The van der Waals surface area contributed by atoms with Crippen molar-refractivity contribution in [1.82, 2.24) is 20.2 Å². The number of allylic oxidation sites excluding steroid dienone is 1. The number of imidazole rings is 1. The third-order valence-corrected chi connectivity index (χ3v) is 3.98. The molecule has 128 valence electrons. The van der Waals surface area contributed by atoms with Crippen LogP contribution in [-0.4, -0.2) is 60.3 Å². The van der Waals surface area contributed by atoms with Gasteiger partial charge in [-0.1, -0.05) is 14.0 Å². The van der Waals surface area contributed by atoms with Gasteiger partial charge >= 0.3 is 0 Å². The van der Waals surface area contributed by atoms with E-state index in [0.717, 1.165) is 55.0 Å². The maximum atomic E-state index is 6.21. The molecule has 1 aromatic rings. The molecule has 2 saturated heterocycles. The van der Waals surface area contributed by atoms with Gasteiger partial charge in [-0.2, -0.15) is 0 Å². The summed E-state index contributed by atoms with van der Waals surface area (Å²) in [6.45, 7) is 13.5. The van der Waals surface area contributed by atoms with Gasteiger partial charge in [0.2, 0.25) is 0 Å². The van der Waals surface area contributed by atoms with E-state index >= 15 is 0 Å². The number of hydrogen-bond acceptors (Lipinski definition) is 5. The number of nitrogens with one attached hydrogen (secondary N) is 2. The molecular weight excluding hydrogens is 292 g/mol. The Hall–Kier alpha value is -1.79. The lowest BCUT2D eigenvalue weighted by Gasteiger charge is -2.34. The summed E-state index contributed by atoms with van der Waals surface area (Å²) in [7, 11) is 0. The third kappa shape index (κ3) is 3.95. The maximum absolute atomic E-state index is 6.21. The summed E-state index contributed by atoms with van der Waals surface area (Å²) in [5, 5.41) is 4.87. The number of aryl methyl sites for hydroxylation is 1. The maximum Gasteiger partial charge on any atom is 0.189 e. The smallest absolute Gasteiger partial charge is 0.189 e. The standard InChI is InChI=1S/C16H24N4O2.CH4/c1-4-14-16(15-11(2)18-12(3)19-15)22-13(10-21-14)9-20-7-5-17-6-8-20;/h4,13,17H,2,5-10H2,1,3H3,(H,18,19);1H4/b14-4+,16-15-;. The number of rotatable bonds is 2. The summed E-state index contributed by atoms with van der Waals surface area (Å²) in [5.41, 5.74) is 0. The number of nitrogens with zero attached hydrogens (tertiary/aromatic N) is 2. The van der Waals surface area contributed by atoms with Crippen LogP contribution in [0.15, 0.2) is 11.8 Å². The van der Waals surface area contributed by atoms with Crippen LogP contribution in [0.2, 0.25) is 0 Å². The highest BCUT2D eigenvalue weighted by Crippen LogP contribution is 2.22. The van der Waals surface area contributed by atoms with E-state index in [9.17, 15) is 0 Å². The van der Waals surface area contributed by atoms with Gasteiger partial charge in [-0.15, -0.1) is 0 Å². The van der Waals surface area contributed by atoms with Crippen LogP contribution < -0.4 is 16.0 Å². The van der Waals surface area contributed by atoms with Gasteiger partial charge in [0.25, 0.3) is 0 Å².